The second-order valence-corrected chi connectivity index (χ2v) is 6.39. The summed E-state index contributed by atoms with van der Waals surface area (Å²) in [6.07, 6.45) is 3.25. The van der Waals surface area contributed by atoms with Crippen LogP contribution in [0.25, 0.3) is 5.65 Å². The Morgan fingerprint density at radius 3 is 2.75 bits per heavy atom. The van der Waals surface area contributed by atoms with Crippen molar-refractivity contribution in [3.05, 3.63) is 59.0 Å². The van der Waals surface area contributed by atoms with E-state index in [1.54, 1.807) is 41.1 Å². The normalized spacial score (nSPS) is 10.4. The van der Waals surface area contributed by atoms with Gasteiger partial charge in [0, 0.05) is 29.2 Å². The number of hydrazine groups is 1. The van der Waals surface area contributed by atoms with Crippen LogP contribution in [0.5, 0.6) is 5.75 Å². The molecule has 0 fully saturated rings. The van der Waals surface area contributed by atoms with Crippen molar-refractivity contribution in [1.82, 2.24) is 20.2 Å². The van der Waals surface area contributed by atoms with Crippen molar-refractivity contribution in [2.24, 2.45) is 5.73 Å². The summed E-state index contributed by atoms with van der Waals surface area (Å²) in [5.74, 6) is -0.784. The SMILES string of the molecule is COc1ccc(NC(=S)NNC(=O)c2cn3ccc(Cl)cc3n2)cc1C(N)=O. The van der Waals surface area contributed by atoms with Gasteiger partial charge >= 0.3 is 0 Å². The third kappa shape index (κ3) is 4.30. The average Bonchev–Trinajstić information content (AvgIpc) is 3.09. The molecule has 0 saturated heterocycles. The molecule has 5 N–H and O–H groups in total. The number of anilines is 1. The Bertz CT molecular complexity index is 1080. The number of halogens is 1. The molecule has 2 heterocycles. The van der Waals surface area contributed by atoms with E-state index in [1.165, 1.54) is 13.2 Å². The molecule has 0 atom stereocenters. The van der Waals surface area contributed by atoms with Crippen molar-refractivity contribution in [2.45, 2.75) is 0 Å². The number of aromatic nitrogens is 2. The molecule has 144 valence electrons. The molecule has 0 saturated carbocycles. The third-order valence-electron chi connectivity index (χ3n) is 3.67. The Labute approximate surface area is 169 Å². The van der Waals surface area contributed by atoms with Crippen LogP contribution >= 0.6 is 23.8 Å². The Morgan fingerprint density at radius 1 is 1.25 bits per heavy atom. The van der Waals surface area contributed by atoms with Gasteiger partial charge in [-0.25, -0.2) is 4.98 Å². The maximum absolute atomic E-state index is 12.2. The number of pyridine rings is 1. The lowest BCUT2D eigenvalue weighted by Gasteiger charge is -2.12. The summed E-state index contributed by atoms with van der Waals surface area (Å²) in [4.78, 5) is 27.9. The van der Waals surface area contributed by atoms with Gasteiger partial charge in [-0.1, -0.05) is 11.6 Å². The number of amides is 2. The van der Waals surface area contributed by atoms with E-state index in [0.29, 0.717) is 22.1 Å². The van der Waals surface area contributed by atoms with Crippen molar-refractivity contribution in [1.29, 1.82) is 0 Å². The lowest BCUT2D eigenvalue weighted by Crippen LogP contribution is -2.43. The first-order chi connectivity index (χ1) is 13.4. The molecule has 2 aromatic heterocycles. The predicted molar refractivity (Wildman–Crippen MR) is 109 cm³/mol. The Balaban J connectivity index is 1.62. The van der Waals surface area contributed by atoms with Crippen molar-refractivity contribution in [2.75, 3.05) is 12.4 Å². The Morgan fingerprint density at radius 2 is 2.04 bits per heavy atom. The monoisotopic (exact) mass is 418 g/mol. The fourth-order valence-electron chi connectivity index (χ4n) is 2.38. The summed E-state index contributed by atoms with van der Waals surface area (Å²) in [6.45, 7) is 0. The quantitative estimate of drug-likeness (QED) is 0.376. The van der Waals surface area contributed by atoms with E-state index in [-0.39, 0.29) is 16.4 Å². The molecule has 2 amide bonds. The smallest absolute Gasteiger partial charge is 0.289 e. The highest BCUT2D eigenvalue weighted by molar-refractivity contribution is 7.80. The molecule has 0 aliphatic carbocycles. The number of nitrogens with zero attached hydrogens (tertiary/aromatic N) is 2. The highest BCUT2D eigenvalue weighted by Crippen LogP contribution is 2.22. The van der Waals surface area contributed by atoms with Gasteiger partial charge in [0.05, 0.1) is 12.7 Å². The summed E-state index contributed by atoms with van der Waals surface area (Å²) in [7, 11) is 1.43. The summed E-state index contributed by atoms with van der Waals surface area (Å²) < 4.78 is 6.74. The highest BCUT2D eigenvalue weighted by Gasteiger charge is 2.13. The average molecular weight is 419 g/mol. The number of ether oxygens (including phenoxy) is 1. The maximum atomic E-state index is 12.2. The molecule has 3 rings (SSSR count). The van der Waals surface area contributed by atoms with Crippen LogP contribution in [0.15, 0.2) is 42.7 Å². The number of benzene rings is 1. The van der Waals surface area contributed by atoms with Gasteiger partial charge in [-0.05, 0) is 36.5 Å². The molecule has 0 bridgehead atoms. The van der Waals surface area contributed by atoms with Crippen LogP contribution in [-0.4, -0.2) is 33.4 Å². The standard InChI is InChI=1S/C17H15ClN6O3S/c1-27-13-3-2-10(7-11(13)15(19)25)20-17(28)23-22-16(26)12-8-24-5-4-9(18)6-14(24)21-12/h2-8H,1H3,(H2,19,25)(H,22,26)(H2,20,23,28). The largest absolute Gasteiger partial charge is 0.496 e. The number of thiocarbonyl (C=S) groups is 1. The molecular formula is C17H15ClN6O3S. The van der Waals surface area contributed by atoms with Gasteiger partial charge in [0.1, 0.15) is 17.1 Å². The molecule has 0 spiro atoms. The van der Waals surface area contributed by atoms with Crippen LogP contribution in [0.4, 0.5) is 5.69 Å². The molecule has 9 nitrogen and oxygen atoms in total. The van der Waals surface area contributed by atoms with Crippen molar-refractivity contribution in [3.63, 3.8) is 0 Å². The minimum absolute atomic E-state index is 0.0979. The summed E-state index contributed by atoms with van der Waals surface area (Å²) >= 11 is 11.0. The van der Waals surface area contributed by atoms with Crippen LogP contribution in [0.2, 0.25) is 5.02 Å². The molecule has 0 radical (unpaired) electrons. The first kappa shape index (κ1) is 19.4. The van der Waals surface area contributed by atoms with E-state index < -0.39 is 11.8 Å². The number of carbonyl (C=O) groups is 2. The molecule has 0 aliphatic rings. The molecule has 0 aliphatic heterocycles. The van der Waals surface area contributed by atoms with E-state index in [2.05, 4.69) is 21.2 Å². The molecule has 28 heavy (non-hydrogen) atoms. The van der Waals surface area contributed by atoms with Gasteiger partial charge in [0.15, 0.2) is 5.11 Å². The fraction of sp³-hybridized carbons (Fsp3) is 0.0588. The first-order valence-corrected chi connectivity index (χ1v) is 8.65. The van der Waals surface area contributed by atoms with E-state index >= 15 is 0 Å². The van der Waals surface area contributed by atoms with E-state index in [4.69, 9.17) is 34.3 Å². The van der Waals surface area contributed by atoms with Gasteiger partial charge in [-0.3, -0.25) is 20.4 Å². The van der Waals surface area contributed by atoms with E-state index in [1.807, 2.05) is 0 Å². The molecular weight excluding hydrogens is 404 g/mol. The number of imidazole rings is 1. The maximum Gasteiger partial charge on any atom is 0.289 e. The Kier molecular flexibility index (Phi) is 5.62. The second kappa shape index (κ2) is 8.11. The zero-order chi connectivity index (χ0) is 20.3. The Hall–Kier alpha value is -3.37. The zero-order valence-corrected chi connectivity index (χ0v) is 16.1. The van der Waals surface area contributed by atoms with Crippen LogP contribution in [-0.2, 0) is 0 Å². The van der Waals surface area contributed by atoms with Gasteiger partial charge in [0.2, 0.25) is 0 Å². The summed E-state index contributed by atoms with van der Waals surface area (Å²) in [5, 5.41) is 3.44. The number of methoxy groups -OCH3 is 1. The molecule has 1 aromatic carbocycles. The summed E-state index contributed by atoms with van der Waals surface area (Å²) in [5.41, 5.74) is 11.7. The van der Waals surface area contributed by atoms with E-state index in [9.17, 15) is 9.59 Å². The van der Waals surface area contributed by atoms with Crippen molar-refractivity contribution >= 4 is 52.1 Å². The van der Waals surface area contributed by atoms with Gasteiger partial charge < -0.3 is 20.2 Å². The number of carbonyl (C=O) groups excluding carboxylic acids is 2. The molecule has 11 heteroatoms. The second-order valence-electron chi connectivity index (χ2n) is 5.55. The van der Waals surface area contributed by atoms with Crippen LogP contribution in [0, 0.1) is 0 Å². The predicted octanol–water partition coefficient (Wildman–Crippen LogP) is 1.73. The van der Waals surface area contributed by atoms with Crippen LogP contribution < -0.4 is 26.6 Å². The minimum atomic E-state index is -0.639. The topological polar surface area (TPSA) is 123 Å². The van der Waals surface area contributed by atoms with Gasteiger partial charge in [-0.2, -0.15) is 0 Å². The number of fused-ring (bicyclic) bond motifs is 1. The minimum Gasteiger partial charge on any atom is -0.496 e. The van der Waals surface area contributed by atoms with E-state index in [0.717, 1.165) is 0 Å². The van der Waals surface area contributed by atoms with Gasteiger partial charge in [0.25, 0.3) is 11.8 Å². The highest BCUT2D eigenvalue weighted by atomic mass is 35.5. The summed E-state index contributed by atoms with van der Waals surface area (Å²) in [6, 6.07) is 8.03. The number of primary amides is 1. The number of nitrogens with one attached hydrogen (secondary N) is 3. The van der Waals surface area contributed by atoms with Crippen LogP contribution in [0.3, 0.4) is 0 Å². The van der Waals surface area contributed by atoms with Crippen molar-refractivity contribution < 1.29 is 14.3 Å². The number of hydrogen-bond donors (Lipinski definition) is 4. The molecule has 0 unspecified atom stereocenters. The number of nitrogens with two attached hydrogens (primary N) is 1. The zero-order valence-electron chi connectivity index (χ0n) is 14.5. The van der Waals surface area contributed by atoms with Gasteiger partial charge in [-0.15, -0.1) is 0 Å². The lowest BCUT2D eigenvalue weighted by atomic mass is 10.1. The fourth-order valence-corrected chi connectivity index (χ4v) is 2.71. The molecule has 3 aromatic rings. The first-order valence-electron chi connectivity index (χ1n) is 7.87. The number of rotatable bonds is 4. The third-order valence-corrected chi connectivity index (χ3v) is 4.11. The lowest BCUT2D eigenvalue weighted by molar-refractivity contribution is 0.0938. The van der Waals surface area contributed by atoms with Crippen LogP contribution in [0.1, 0.15) is 20.8 Å². The number of hydrogen-bond acceptors (Lipinski definition) is 5. The van der Waals surface area contributed by atoms with Crippen molar-refractivity contribution in [3.8, 4) is 5.75 Å².